The first-order chi connectivity index (χ1) is 15.0. The Kier molecular flexibility index (Phi) is 6.10. The number of aliphatic hydroxyl groups is 1. The number of hydrogen-bond donors (Lipinski definition) is 1. The molecule has 0 aromatic heterocycles. The van der Waals surface area contributed by atoms with Gasteiger partial charge in [0.1, 0.15) is 0 Å². The van der Waals surface area contributed by atoms with Crippen molar-refractivity contribution in [3.05, 3.63) is 53.6 Å². The summed E-state index contributed by atoms with van der Waals surface area (Å²) in [5.74, 6) is 1.55. The molecule has 1 aliphatic heterocycles. The minimum absolute atomic E-state index is 0.0213. The maximum absolute atomic E-state index is 13.6. The van der Waals surface area contributed by atoms with E-state index in [1.807, 2.05) is 47.4 Å². The van der Waals surface area contributed by atoms with Crippen LogP contribution >= 0.6 is 0 Å². The topological polar surface area (TPSA) is 68.2 Å². The summed E-state index contributed by atoms with van der Waals surface area (Å²) < 4.78 is 16.7. The summed E-state index contributed by atoms with van der Waals surface area (Å²) in [6.45, 7) is 0.502. The predicted octanol–water partition coefficient (Wildman–Crippen LogP) is 4.22. The maximum atomic E-state index is 13.6. The molecule has 31 heavy (non-hydrogen) atoms. The van der Waals surface area contributed by atoms with Gasteiger partial charge in [-0.3, -0.25) is 4.79 Å². The number of likely N-dealkylation sites (tertiary alicyclic amines) is 1. The molecule has 0 unspecified atom stereocenters. The molecule has 166 valence electrons. The Balaban J connectivity index is 1.83. The van der Waals surface area contributed by atoms with Crippen LogP contribution in [-0.4, -0.2) is 49.4 Å². The van der Waals surface area contributed by atoms with Crippen LogP contribution in [0.15, 0.2) is 42.5 Å². The summed E-state index contributed by atoms with van der Waals surface area (Å²) in [4.78, 5) is 15.5. The molecule has 0 spiro atoms. The molecule has 2 aromatic rings. The van der Waals surface area contributed by atoms with Crippen molar-refractivity contribution in [1.82, 2.24) is 4.90 Å². The standard InChI is InChI=1S/C25H31NO5/c1-29-20-15-18(16-21(30-2)23(20)31-3)22-19-11-7-8-12-25(19,28)13-14-26(22)24(27)17-9-5-4-6-10-17/h4-6,9-10,15-16,19,22,28H,7-8,11-14H2,1-3H3/t19-,22-,25-/m0/s1. The Bertz CT molecular complexity index is 906. The van der Waals surface area contributed by atoms with E-state index in [0.717, 1.165) is 31.2 Å². The predicted molar refractivity (Wildman–Crippen MR) is 118 cm³/mol. The fourth-order valence-electron chi connectivity index (χ4n) is 5.34. The third-order valence-corrected chi connectivity index (χ3v) is 6.88. The van der Waals surface area contributed by atoms with Crippen molar-refractivity contribution in [2.24, 2.45) is 5.92 Å². The normalized spacial score (nSPS) is 25.5. The van der Waals surface area contributed by atoms with E-state index in [4.69, 9.17) is 14.2 Å². The Morgan fingerprint density at radius 2 is 1.68 bits per heavy atom. The van der Waals surface area contributed by atoms with Gasteiger partial charge in [0.15, 0.2) is 11.5 Å². The molecular weight excluding hydrogens is 394 g/mol. The van der Waals surface area contributed by atoms with E-state index in [2.05, 4.69) is 0 Å². The highest BCUT2D eigenvalue weighted by molar-refractivity contribution is 5.94. The molecule has 6 heteroatoms. The summed E-state index contributed by atoms with van der Waals surface area (Å²) in [5, 5.41) is 11.5. The maximum Gasteiger partial charge on any atom is 0.254 e. The van der Waals surface area contributed by atoms with Gasteiger partial charge in [-0.15, -0.1) is 0 Å². The number of nitrogens with zero attached hydrogens (tertiary/aromatic N) is 1. The first-order valence-corrected chi connectivity index (χ1v) is 10.9. The molecule has 0 bridgehead atoms. The van der Waals surface area contributed by atoms with Crippen LogP contribution in [0.2, 0.25) is 0 Å². The fraction of sp³-hybridized carbons (Fsp3) is 0.480. The van der Waals surface area contributed by atoms with E-state index in [9.17, 15) is 9.90 Å². The molecule has 1 amide bonds. The quantitative estimate of drug-likeness (QED) is 0.777. The Morgan fingerprint density at radius 1 is 1.00 bits per heavy atom. The van der Waals surface area contributed by atoms with Crippen LogP contribution in [0.4, 0.5) is 0 Å². The third-order valence-electron chi connectivity index (χ3n) is 6.88. The van der Waals surface area contributed by atoms with Crippen LogP contribution in [0.1, 0.15) is 54.1 Å². The highest BCUT2D eigenvalue weighted by atomic mass is 16.5. The van der Waals surface area contributed by atoms with Crippen LogP contribution in [0.25, 0.3) is 0 Å². The summed E-state index contributed by atoms with van der Waals surface area (Å²) in [7, 11) is 4.75. The van der Waals surface area contributed by atoms with Crippen molar-refractivity contribution >= 4 is 5.91 Å². The van der Waals surface area contributed by atoms with E-state index in [-0.39, 0.29) is 17.9 Å². The number of hydrogen-bond acceptors (Lipinski definition) is 5. The third kappa shape index (κ3) is 3.85. The van der Waals surface area contributed by atoms with E-state index in [1.54, 1.807) is 21.3 Å². The monoisotopic (exact) mass is 425 g/mol. The van der Waals surface area contributed by atoms with E-state index < -0.39 is 5.60 Å². The van der Waals surface area contributed by atoms with Gasteiger partial charge in [-0.2, -0.15) is 0 Å². The van der Waals surface area contributed by atoms with Gasteiger partial charge < -0.3 is 24.2 Å². The Labute approximate surface area is 183 Å². The average molecular weight is 426 g/mol. The zero-order valence-corrected chi connectivity index (χ0v) is 18.5. The molecule has 2 aliphatic rings. The molecule has 1 N–H and O–H groups in total. The highest BCUT2D eigenvalue weighted by Gasteiger charge is 2.50. The van der Waals surface area contributed by atoms with Crippen molar-refractivity contribution in [3.8, 4) is 17.2 Å². The number of carbonyl (C=O) groups is 1. The summed E-state index contributed by atoms with van der Waals surface area (Å²) in [5.41, 5.74) is 0.779. The average Bonchev–Trinajstić information content (AvgIpc) is 2.82. The van der Waals surface area contributed by atoms with Crippen LogP contribution < -0.4 is 14.2 Å². The van der Waals surface area contributed by atoms with Gasteiger partial charge >= 0.3 is 0 Å². The van der Waals surface area contributed by atoms with E-state index in [1.165, 1.54) is 0 Å². The van der Waals surface area contributed by atoms with Gasteiger partial charge in [0.05, 0.1) is 33.0 Å². The van der Waals surface area contributed by atoms with Crippen LogP contribution in [0, 0.1) is 5.92 Å². The fourth-order valence-corrected chi connectivity index (χ4v) is 5.34. The SMILES string of the molecule is COc1cc([C@H]2[C@@H]3CCCC[C@]3(O)CCN2C(=O)c2ccccc2)cc(OC)c1OC. The van der Waals surface area contributed by atoms with Crippen molar-refractivity contribution in [2.45, 2.75) is 43.7 Å². The smallest absolute Gasteiger partial charge is 0.254 e. The van der Waals surface area contributed by atoms with Crippen molar-refractivity contribution < 1.29 is 24.1 Å². The van der Waals surface area contributed by atoms with Gasteiger partial charge in [0.2, 0.25) is 5.75 Å². The minimum atomic E-state index is -0.767. The second kappa shape index (κ2) is 8.79. The molecule has 1 heterocycles. The van der Waals surface area contributed by atoms with Crippen molar-refractivity contribution in [1.29, 1.82) is 0 Å². The molecule has 1 saturated heterocycles. The molecule has 6 nitrogen and oxygen atoms in total. The number of fused-ring (bicyclic) bond motifs is 1. The zero-order valence-electron chi connectivity index (χ0n) is 18.5. The van der Waals surface area contributed by atoms with Crippen LogP contribution in [0.3, 0.4) is 0 Å². The number of piperidine rings is 1. The van der Waals surface area contributed by atoms with Crippen molar-refractivity contribution in [3.63, 3.8) is 0 Å². The summed E-state index contributed by atoms with van der Waals surface area (Å²) >= 11 is 0. The number of amides is 1. The highest BCUT2D eigenvalue weighted by Crippen LogP contribution is 2.51. The molecule has 4 rings (SSSR count). The first-order valence-electron chi connectivity index (χ1n) is 10.9. The Morgan fingerprint density at radius 3 is 2.29 bits per heavy atom. The number of rotatable bonds is 5. The number of methoxy groups -OCH3 is 3. The number of carbonyl (C=O) groups excluding carboxylic acids is 1. The lowest BCUT2D eigenvalue weighted by Gasteiger charge is -2.52. The van der Waals surface area contributed by atoms with Gasteiger partial charge in [-0.25, -0.2) is 0 Å². The second-order valence-corrected chi connectivity index (χ2v) is 8.47. The number of ether oxygens (including phenoxy) is 3. The van der Waals surface area contributed by atoms with Crippen LogP contribution in [-0.2, 0) is 0 Å². The Hall–Kier alpha value is -2.73. The van der Waals surface area contributed by atoms with Gasteiger partial charge in [0, 0.05) is 18.0 Å². The zero-order chi connectivity index (χ0) is 22.0. The minimum Gasteiger partial charge on any atom is -0.493 e. The summed E-state index contributed by atoms with van der Waals surface area (Å²) in [6, 6.07) is 12.9. The molecule has 2 aromatic carbocycles. The van der Waals surface area contributed by atoms with Gasteiger partial charge in [-0.1, -0.05) is 31.0 Å². The second-order valence-electron chi connectivity index (χ2n) is 8.47. The number of benzene rings is 2. The van der Waals surface area contributed by atoms with Crippen molar-refractivity contribution in [2.75, 3.05) is 27.9 Å². The molecule has 0 radical (unpaired) electrons. The molecule has 2 fully saturated rings. The molecule has 3 atom stereocenters. The van der Waals surface area contributed by atoms with E-state index >= 15 is 0 Å². The molecule has 1 saturated carbocycles. The lowest BCUT2D eigenvalue weighted by atomic mass is 9.66. The van der Waals surface area contributed by atoms with Crippen LogP contribution in [0.5, 0.6) is 17.2 Å². The van der Waals surface area contributed by atoms with E-state index in [0.29, 0.717) is 35.8 Å². The summed E-state index contributed by atoms with van der Waals surface area (Å²) in [6.07, 6.45) is 4.29. The largest absolute Gasteiger partial charge is 0.493 e. The van der Waals surface area contributed by atoms with Gasteiger partial charge in [0.25, 0.3) is 5.91 Å². The molecular formula is C25H31NO5. The first kappa shape index (κ1) is 21.5. The lowest BCUT2D eigenvalue weighted by Crippen LogP contribution is -2.56. The lowest BCUT2D eigenvalue weighted by molar-refractivity contribution is -0.115. The molecule has 1 aliphatic carbocycles. The van der Waals surface area contributed by atoms with Gasteiger partial charge in [-0.05, 0) is 49.1 Å².